The second kappa shape index (κ2) is 12.3. The van der Waals surface area contributed by atoms with Crippen LogP contribution in [0.2, 0.25) is 0 Å². The van der Waals surface area contributed by atoms with Crippen LogP contribution in [-0.2, 0) is 0 Å². The number of rotatable bonds is 9. The van der Waals surface area contributed by atoms with E-state index in [-0.39, 0.29) is 0 Å². The van der Waals surface area contributed by atoms with Crippen molar-refractivity contribution >= 4 is 0 Å². The topological polar surface area (TPSA) is 0 Å². The smallest absolute Gasteiger partial charge is 0.0118 e. The zero-order chi connectivity index (χ0) is 17.0. The van der Waals surface area contributed by atoms with Crippen LogP contribution in [0.15, 0.2) is 35.5 Å². The molecule has 0 nitrogen and oxygen atoms in total. The van der Waals surface area contributed by atoms with Crippen molar-refractivity contribution in [3.63, 3.8) is 0 Å². The van der Waals surface area contributed by atoms with Gasteiger partial charge in [-0.25, -0.2) is 0 Å². The fraction of sp³-hybridized carbons (Fsp3) is 0.636. The van der Waals surface area contributed by atoms with Crippen molar-refractivity contribution in [2.75, 3.05) is 0 Å². The van der Waals surface area contributed by atoms with Gasteiger partial charge >= 0.3 is 0 Å². The van der Waals surface area contributed by atoms with Gasteiger partial charge in [0.2, 0.25) is 0 Å². The lowest BCUT2D eigenvalue weighted by Crippen LogP contribution is -1.96. The molecule has 2 atom stereocenters. The van der Waals surface area contributed by atoms with Gasteiger partial charge in [0.05, 0.1) is 0 Å². The third-order valence-electron chi connectivity index (χ3n) is 3.73. The van der Waals surface area contributed by atoms with E-state index in [1.165, 1.54) is 36.8 Å². The maximum absolute atomic E-state index is 4.12. The molecule has 0 saturated heterocycles. The van der Waals surface area contributed by atoms with Gasteiger partial charge in [0.15, 0.2) is 0 Å². The fourth-order valence-corrected chi connectivity index (χ4v) is 2.34. The first kappa shape index (κ1) is 20.8. The zero-order valence-corrected chi connectivity index (χ0v) is 15.8. The van der Waals surface area contributed by atoms with Crippen molar-refractivity contribution in [1.82, 2.24) is 0 Å². The first-order valence-corrected chi connectivity index (χ1v) is 8.74. The Morgan fingerprint density at radius 1 is 0.909 bits per heavy atom. The highest BCUT2D eigenvalue weighted by Gasteiger charge is 2.02. The maximum Gasteiger partial charge on any atom is 0.0118 e. The molecule has 0 aliphatic rings. The van der Waals surface area contributed by atoms with Crippen molar-refractivity contribution in [2.45, 2.75) is 80.1 Å². The third-order valence-corrected chi connectivity index (χ3v) is 3.73. The molecular formula is C22H36. The normalized spacial score (nSPS) is 12.6. The van der Waals surface area contributed by atoms with Crippen LogP contribution in [0.1, 0.15) is 80.1 Å². The summed E-state index contributed by atoms with van der Waals surface area (Å²) in [7, 11) is 0. The summed E-state index contributed by atoms with van der Waals surface area (Å²) in [5, 5.41) is 0. The molecule has 0 heterocycles. The van der Waals surface area contributed by atoms with E-state index >= 15 is 0 Å². The highest BCUT2D eigenvalue weighted by Crippen LogP contribution is 2.16. The Labute approximate surface area is 139 Å². The molecule has 124 valence electrons. The molecule has 0 rings (SSSR count). The van der Waals surface area contributed by atoms with Gasteiger partial charge in [-0.2, -0.15) is 0 Å². The van der Waals surface area contributed by atoms with Crippen LogP contribution in [0, 0.1) is 23.7 Å². The van der Waals surface area contributed by atoms with Crippen LogP contribution >= 0.6 is 0 Å². The van der Waals surface area contributed by atoms with Gasteiger partial charge in [-0.3, -0.25) is 0 Å². The molecule has 0 N–H and O–H groups in total. The highest BCUT2D eigenvalue weighted by atomic mass is 14.1. The molecule has 0 aromatic carbocycles. The van der Waals surface area contributed by atoms with E-state index in [0.717, 1.165) is 18.4 Å². The van der Waals surface area contributed by atoms with Gasteiger partial charge in [-0.1, -0.05) is 55.6 Å². The van der Waals surface area contributed by atoms with Crippen LogP contribution in [0.25, 0.3) is 0 Å². The fourth-order valence-electron chi connectivity index (χ4n) is 2.34. The minimum Gasteiger partial charge on any atom is -0.0980 e. The molecule has 0 aromatic rings. The van der Waals surface area contributed by atoms with Crippen LogP contribution in [0.4, 0.5) is 0 Å². The van der Waals surface area contributed by atoms with E-state index in [0.29, 0.717) is 11.8 Å². The Hall–Kier alpha value is -1.22. The van der Waals surface area contributed by atoms with Crippen molar-refractivity contribution in [2.24, 2.45) is 11.8 Å². The van der Waals surface area contributed by atoms with Gasteiger partial charge in [0.1, 0.15) is 0 Å². The summed E-state index contributed by atoms with van der Waals surface area (Å²) in [6.45, 7) is 17.4. The maximum atomic E-state index is 4.12. The molecular weight excluding hydrogens is 264 g/mol. The Balaban J connectivity index is 3.97. The van der Waals surface area contributed by atoms with Crippen molar-refractivity contribution in [1.29, 1.82) is 0 Å². The van der Waals surface area contributed by atoms with Gasteiger partial charge in [-0.05, 0) is 77.2 Å². The summed E-state index contributed by atoms with van der Waals surface area (Å²) < 4.78 is 0. The molecule has 0 spiro atoms. The quantitative estimate of drug-likeness (QED) is 0.315. The van der Waals surface area contributed by atoms with E-state index in [2.05, 4.69) is 72.1 Å². The summed E-state index contributed by atoms with van der Waals surface area (Å²) in [4.78, 5) is 0. The molecule has 0 saturated carbocycles. The Kier molecular flexibility index (Phi) is 11.7. The minimum atomic E-state index is 0.672. The standard InChI is InChI=1S/C22H36/c1-18(2)11-8-13-20(5)14-10-16-22(7)17-21(6)15-9-12-19(3)4/h11-12,20-21H,7-9,13-15,17H2,1-6H3/t20-,21-/m0/s1. The van der Waals surface area contributed by atoms with Crippen LogP contribution in [0.5, 0.6) is 0 Å². The second-order valence-corrected chi connectivity index (χ2v) is 7.24. The summed E-state index contributed by atoms with van der Waals surface area (Å²) in [6, 6.07) is 0. The van der Waals surface area contributed by atoms with E-state index in [9.17, 15) is 0 Å². The lowest BCUT2D eigenvalue weighted by atomic mass is 9.96. The molecule has 0 aliphatic heterocycles. The lowest BCUT2D eigenvalue weighted by Gasteiger charge is -2.09. The molecule has 0 bridgehead atoms. The summed E-state index contributed by atoms with van der Waals surface area (Å²) in [6.07, 6.45) is 11.5. The monoisotopic (exact) mass is 300 g/mol. The van der Waals surface area contributed by atoms with Crippen molar-refractivity contribution in [3.05, 3.63) is 35.5 Å². The Morgan fingerprint density at radius 3 is 1.91 bits per heavy atom. The molecule has 0 aromatic heterocycles. The van der Waals surface area contributed by atoms with Crippen molar-refractivity contribution < 1.29 is 0 Å². The second-order valence-electron chi connectivity index (χ2n) is 7.24. The van der Waals surface area contributed by atoms with Gasteiger partial charge in [-0.15, -0.1) is 0 Å². The first-order chi connectivity index (χ1) is 10.3. The third kappa shape index (κ3) is 13.7. The van der Waals surface area contributed by atoms with E-state index in [1.54, 1.807) is 0 Å². The van der Waals surface area contributed by atoms with Crippen molar-refractivity contribution in [3.8, 4) is 11.8 Å². The van der Waals surface area contributed by atoms with Crippen LogP contribution in [0.3, 0.4) is 0 Å². The average molecular weight is 301 g/mol. The SMILES string of the molecule is C=C(C#CC[C@@H](C)CCC=C(C)C)C[C@@H](C)CCC=C(C)C. The highest BCUT2D eigenvalue weighted by molar-refractivity contribution is 5.25. The first-order valence-electron chi connectivity index (χ1n) is 8.74. The number of hydrogen-bond acceptors (Lipinski definition) is 0. The Bertz CT molecular complexity index is 428. The summed E-state index contributed by atoms with van der Waals surface area (Å²) >= 11 is 0. The zero-order valence-electron chi connectivity index (χ0n) is 15.8. The molecule has 22 heavy (non-hydrogen) atoms. The average Bonchev–Trinajstić information content (AvgIpc) is 2.37. The van der Waals surface area contributed by atoms with E-state index in [4.69, 9.17) is 0 Å². The molecule has 0 aliphatic carbocycles. The van der Waals surface area contributed by atoms with E-state index < -0.39 is 0 Å². The molecule has 0 fully saturated rings. The van der Waals surface area contributed by atoms with Crippen LogP contribution in [-0.4, -0.2) is 0 Å². The summed E-state index contributed by atoms with van der Waals surface area (Å²) in [5.41, 5.74) is 3.92. The van der Waals surface area contributed by atoms with Crippen LogP contribution < -0.4 is 0 Å². The molecule has 0 amide bonds. The van der Waals surface area contributed by atoms with E-state index in [1.807, 2.05) is 0 Å². The van der Waals surface area contributed by atoms with Gasteiger partial charge in [0.25, 0.3) is 0 Å². The molecule has 0 heteroatoms. The number of hydrogen-bond donors (Lipinski definition) is 0. The molecule has 0 radical (unpaired) electrons. The summed E-state index contributed by atoms with van der Waals surface area (Å²) in [5.74, 6) is 7.93. The number of allylic oxidation sites excluding steroid dienone is 5. The van der Waals surface area contributed by atoms with Gasteiger partial charge in [0, 0.05) is 6.42 Å². The largest absolute Gasteiger partial charge is 0.0980 e. The molecule has 0 unspecified atom stereocenters. The predicted octanol–water partition coefficient (Wildman–Crippen LogP) is 7.09. The predicted molar refractivity (Wildman–Crippen MR) is 102 cm³/mol. The minimum absolute atomic E-state index is 0.672. The lowest BCUT2D eigenvalue weighted by molar-refractivity contribution is 0.538. The Morgan fingerprint density at radius 2 is 1.41 bits per heavy atom. The van der Waals surface area contributed by atoms with Gasteiger partial charge < -0.3 is 0 Å².